The Morgan fingerprint density at radius 1 is 1.00 bits per heavy atom. The third-order valence-electron chi connectivity index (χ3n) is 10.8. The molecule has 1 aromatic rings. The molecule has 1 N–H and O–H groups in total. The monoisotopic (exact) mass is 562 g/mol. The quantitative estimate of drug-likeness (QED) is 0.297. The van der Waals surface area contributed by atoms with Crippen molar-refractivity contribution in [3.63, 3.8) is 0 Å². The van der Waals surface area contributed by atoms with Crippen LogP contribution in [0, 0.1) is 29.1 Å². The maximum absolute atomic E-state index is 12.9. The maximum atomic E-state index is 12.9. The first-order valence-corrected chi connectivity index (χ1v) is 15.8. The summed E-state index contributed by atoms with van der Waals surface area (Å²) in [5.74, 6) is 3.87. The molecular formula is C31H44Cl2N2O3. The van der Waals surface area contributed by atoms with Gasteiger partial charge in [-0.05, 0) is 105 Å². The van der Waals surface area contributed by atoms with E-state index in [-0.39, 0.29) is 23.5 Å². The molecule has 0 spiro atoms. The summed E-state index contributed by atoms with van der Waals surface area (Å²) in [5, 5.41) is 3.37. The number of rotatable bonds is 8. The van der Waals surface area contributed by atoms with Crippen LogP contribution in [0.25, 0.3) is 0 Å². The molecule has 5 rings (SSSR count). The molecule has 0 bridgehead atoms. The van der Waals surface area contributed by atoms with Gasteiger partial charge in [0.05, 0.1) is 6.42 Å². The summed E-state index contributed by atoms with van der Waals surface area (Å²) < 4.78 is 6.06. The Labute approximate surface area is 238 Å². The van der Waals surface area contributed by atoms with Gasteiger partial charge in [-0.2, -0.15) is 0 Å². The molecule has 3 unspecified atom stereocenters. The lowest BCUT2D eigenvalue weighted by atomic mass is 9.45. The van der Waals surface area contributed by atoms with Gasteiger partial charge in [0.15, 0.2) is 0 Å². The van der Waals surface area contributed by atoms with Gasteiger partial charge in [0.1, 0.15) is 6.10 Å². The zero-order valence-electron chi connectivity index (χ0n) is 23.0. The summed E-state index contributed by atoms with van der Waals surface area (Å²) in [6.07, 6.45) is 9.93. The number of piperidine rings is 1. The Balaban J connectivity index is 1.16. The molecule has 0 aromatic heterocycles. The number of alkyl halides is 2. The molecule has 1 saturated heterocycles. The van der Waals surface area contributed by atoms with Crippen molar-refractivity contribution in [2.24, 2.45) is 29.1 Å². The van der Waals surface area contributed by atoms with Crippen LogP contribution in [0.3, 0.4) is 0 Å². The van der Waals surface area contributed by atoms with Crippen LogP contribution in [0.4, 0.5) is 5.69 Å². The van der Waals surface area contributed by atoms with Gasteiger partial charge in [-0.3, -0.25) is 9.59 Å². The van der Waals surface area contributed by atoms with E-state index in [1.807, 2.05) is 24.3 Å². The Morgan fingerprint density at radius 3 is 2.45 bits per heavy atom. The largest absolute Gasteiger partial charge is 0.462 e. The van der Waals surface area contributed by atoms with E-state index in [0.29, 0.717) is 47.8 Å². The highest BCUT2D eigenvalue weighted by atomic mass is 35.5. The number of amides is 1. The van der Waals surface area contributed by atoms with Gasteiger partial charge in [0, 0.05) is 42.5 Å². The fraction of sp³-hybridized carbons (Fsp3) is 0.742. The second-order valence-electron chi connectivity index (χ2n) is 12.8. The topological polar surface area (TPSA) is 58.6 Å². The molecule has 210 valence electrons. The summed E-state index contributed by atoms with van der Waals surface area (Å²) in [7, 11) is 0. The number of carbonyl (C=O) groups excluding carboxylic acids is 2. The molecule has 4 aliphatic rings. The Bertz CT molecular complexity index is 997. The molecule has 5 nitrogen and oxygen atoms in total. The molecule has 38 heavy (non-hydrogen) atoms. The number of hydrogen-bond donors (Lipinski definition) is 1. The second-order valence-corrected chi connectivity index (χ2v) is 13.6. The number of nitrogens with zero attached hydrogens (tertiary/aromatic N) is 1. The SMILES string of the molecule is C[C@]12CCC3C(CC[C@H]4C[C@@H](OC(=O)Cc5ccc(N(CCCl)CCCl)cc5)CC[C@]34C)C1CCC(=O)N2. The van der Waals surface area contributed by atoms with Gasteiger partial charge in [-0.15, -0.1) is 23.2 Å². The van der Waals surface area contributed by atoms with Crippen molar-refractivity contribution in [3.05, 3.63) is 29.8 Å². The number of carbonyl (C=O) groups is 2. The Hall–Kier alpha value is -1.46. The van der Waals surface area contributed by atoms with Crippen molar-refractivity contribution >= 4 is 40.8 Å². The average molecular weight is 564 g/mol. The van der Waals surface area contributed by atoms with Crippen LogP contribution in [-0.4, -0.2) is 48.4 Å². The minimum absolute atomic E-state index is 0.0167. The van der Waals surface area contributed by atoms with Gasteiger partial charge < -0.3 is 15.0 Å². The third-order valence-corrected chi connectivity index (χ3v) is 11.1. The molecule has 3 saturated carbocycles. The summed E-state index contributed by atoms with van der Waals surface area (Å²) in [4.78, 5) is 27.2. The van der Waals surface area contributed by atoms with Crippen molar-refractivity contribution in [1.29, 1.82) is 0 Å². The zero-order valence-corrected chi connectivity index (χ0v) is 24.5. The van der Waals surface area contributed by atoms with Crippen LogP contribution < -0.4 is 10.2 Å². The summed E-state index contributed by atoms with van der Waals surface area (Å²) in [6, 6.07) is 8.10. The van der Waals surface area contributed by atoms with Crippen molar-refractivity contribution < 1.29 is 14.3 Å². The number of esters is 1. The molecule has 4 fully saturated rings. The highest BCUT2D eigenvalue weighted by Gasteiger charge is 2.58. The predicted molar refractivity (Wildman–Crippen MR) is 154 cm³/mol. The van der Waals surface area contributed by atoms with E-state index < -0.39 is 0 Å². The van der Waals surface area contributed by atoms with E-state index in [1.165, 1.54) is 19.3 Å². The number of hydrogen-bond acceptors (Lipinski definition) is 4. The first-order valence-electron chi connectivity index (χ1n) is 14.7. The Kier molecular flexibility index (Phi) is 8.55. The number of benzene rings is 1. The van der Waals surface area contributed by atoms with E-state index in [1.54, 1.807) is 0 Å². The van der Waals surface area contributed by atoms with Crippen LogP contribution in [0.15, 0.2) is 24.3 Å². The first-order chi connectivity index (χ1) is 18.3. The molecule has 1 aromatic carbocycles. The van der Waals surface area contributed by atoms with Crippen molar-refractivity contribution in [1.82, 2.24) is 5.32 Å². The van der Waals surface area contributed by atoms with Crippen LogP contribution >= 0.6 is 23.2 Å². The Morgan fingerprint density at radius 2 is 1.74 bits per heavy atom. The van der Waals surface area contributed by atoms with E-state index in [0.717, 1.165) is 62.4 Å². The number of anilines is 1. The van der Waals surface area contributed by atoms with Crippen molar-refractivity contribution in [3.8, 4) is 0 Å². The van der Waals surface area contributed by atoms with E-state index >= 15 is 0 Å². The van der Waals surface area contributed by atoms with Gasteiger partial charge in [0.2, 0.25) is 5.91 Å². The van der Waals surface area contributed by atoms with Crippen LogP contribution in [0.5, 0.6) is 0 Å². The predicted octanol–water partition coefficient (Wildman–Crippen LogP) is 6.34. The molecule has 1 amide bonds. The van der Waals surface area contributed by atoms with Crippen molar-refractivity contribution in [2.45, 2.75) is 89.7 Å². The molecule has 7 heteroatoms. The maximum Gasteiger partial charge on any atom is 0.310 e. The van der Waals surface area contributed by atoms with E-state index in [4.69, 9.17) is 27.9 Å². The lowest BCUT2D eigenvalue weighted by molar-refractivity contribution is -0.162. The van der Waals surface area contributed by atoms with Gasteiger partial charge in [-0.25, -0.2) is 0 Å². The summed E-state index contributed by atoms with van der Waals surface area (Å²) in [5.41, 5.74) is 2.35. The number of fused-ring (bicyclic) bond motifs is 5. The standard InChI is InChI=1S/C31H44Cl2N2O3/c1-30-13-11-24(38-29(37)19-21-3-6-23(7-4-21)35(17-15-32)18-16-33)20-22(30)5-8-25-26(30)12-14-31(2)27(25)9-10-28(36)34-31/h3-4,6-7,22,24-27H,5,8-20H2,1-2H3,(H,34,36)/t22-,24-,25?,26?,27?,30-,31-/m0/s1. The number of nitrogens with one attached hydrogen (secondary N) is 1. The van der Waals surface area contributed by atoms with E-state index in [2.05, 4.69) is 24.1 Å². The molecule has 0 radical (unpaired) electrons. The number of halogens is 2. The minimum atomic E-state index is -0.121. The normalized spacial score (nSPS) is 36.3. The lowest BCUT2D eigenvalue weighted by Gasteiger charge is -2.62. The minimum Gasteiger partial charge on any atom is -0.462 e. The van der Waals surface area contributed by atoms with E-state index in [9.17, 15) is 9.59 Å². The highest BCUT2D eigenvalue weighted by molar-refractivity contribution is 6.18. The van der Waals surface area contributed by atoms with Gasteiger partial charge >= 0.3 is 5.97 Å². The summed E-state index contributed by atoms with van der Waals surface area (Å²) >= 11 is 11.9. The van der Waals surface area contributed by atoms with Crippen LogP contribution in [0.2, 0.25) is 0 Å². The highest BCUT2D eigenvalue weighted by Crippen LogP contribution is 2.62. The molecule has 1 aliphatic heterocycles. The molecule has 3 aliphatic carbocycles. The molecule has 7 atom stereocenters. The van der Waals surface area contributed by atoms with Gasteiger partial charge in [0.25, 0.3) is 0 Å². The smallest absolute Gasteiger partial charge is 0.310 e. The fourth-order valence-electron chi connectivity index (χ4n) is 8.79. The number of ether oxygens (including phenoxy) is 1. The van der Waals surface area contributed by atoms with Crippen LogP contribution in [-0.2, 0) is 20.7 Å². The van der Waals surface area contributed by atoms with Crippen LogP contribution in [0.1, 0.15) is 77.2 Å². The fourth-order valence-corrected chi connectivity index (χ4v) is 9.20. The zero-order chi connectivity index (χ0) is 26.9. The summed E-state index contributed by atoms with van der Waals surface area (Å²) in [6.45, 7) is 6.31. The third kappa shape index (κ3) is 5.57. The van der Waals surface area contributed by atoms with Gasteiger partial charge in [-0.1, -0.05) is 19.1 Å². The first kappa shape index (κ1) is 28.1. The van der Waals surface area contributed by atoms with Crippen molar-refractivity contribution in [2.75, 3.05) is 29.7 Å². The lowest BCUT2D eigenvalue weighted by Crippen LogP contribution is -2.63. The second kappa shape index (κ2) is 11.6. The molecular weight excluding hydrogens is 519 g/mol. The average Bonchev–Trinajstić information content (AvgIpc) is 2.88. The molecule has 1 heterocycles.